The summed E-state index contributed by atoms with van der Waals surface area (Å²) in [6, 6.07) is 7.42. The lowest BCUT2D eigenvalue weighted by Gasteiger charge is -2.18. The molecular formula is C19H19ClFN3O4. The number of nitrogens with one attached hydrogen (secondary N) is 2. The molecule has 2 aromatic rings. The van der Waals surface area contributed by atoms with Crippen LogP contribution in [-0.4, -0.2) is 38.7 Å². The number of carbonyl (C=O) groups is 2. The number of rotatable bonds is 5. The second-order valence-corrected chi connectivity index (χ2v) is 6.50. The molecule has 1 aliphatic heterocycles. The van der Waals surface area contributed by atoms with Crippen LogP contribution in [0.5, 0.6) is 11.5 Å². The molecule has 2 aromatic carbocycles. The molecule has 0 aromatic heterocycles. The fraction of sp³-hybridized carbons (Fsp3) is 0.263. The first-order valence-electron chi connectivity index (χ1n) is 8.49. The molecule has 1 aliphatic rings. The number of methoxy groups -OCH3 is 2. The Kier molecular flexibility index (Phi) is 5.89. The van der Waals surface area contributed by atoms with Gasteiger partial charge in [-0.3, -0.25) is 4.79 Å². The zero-order chi connectivity index (χ0) is 20.3. The van der Waals surface area contributed by atoms with Crippen molar-refractivity contribution in [2.45, 2.75) is 12.5 Å². The lowest BCUT2D eigenvalue weighted by molar-refractivity contribution is -0.118. The summed E-state index contributed by atoms with van der Waals surface area (Å²) in [5.74, 6) is 0.130. The number of urea groups is 1. The third-order valence-corrected chi connectivity index (χ3v) is 4.67. The molecule has 28 heavy (non-hydrogen) atoms. The van der Waals surface area contributed by atoms with Gasteiger partial charge in [-0.1, -0.05) is 11.6 Å². The van der Waals surface area contributed by atoms with Crippen LogP contribution >= 0.6 is 11.6 Å². The summed E-state index contributed by atoms with van der Waals surface area (Å²) in [6.45, 7) is 0.424. The molecule has 1 heterocycles. The van der Waals surface area contributed by atoms with Crippen molar-refractivity contribution in [3.63, 3.8) is 0 Å². The number of nitrogens with zero attached hydrogens (tertiary/aromatic N) is 1. The Morgan fingerprint density at radius 2 is 1.86 bits per heavy atom. The number of amides is 3. The predicted octanol–water partition coefficient (Wildman–Crippen LogP) is 3.42. The maximum absolute atomic E-state index is 13.1. The second-order valence-electron chi connectivity index (χ2n) is 6.09. The van der Waals surface area contributed by atoms with Gasteiger partial charge in [0.15, 0.2) is 0 Å². The Labute approximate surface area is 166 Å². The van der Waals surface area contributed by atoms with Crippen molar-refractivity contribution in [1.29, 1.82) is 0 Å². The molecular weight excluding hydrogens is 389 g/mol. The Hall–Kier alpha value is -3.00. The van der Waals surface area contributed by atoms with Gasteiger partial charge in [0.25, 0.3) is 0 Å². The normalized spacial score (nSPS) is 16.1. The molecule has 0 bridgehead atoms. The van der Waals surface area contributed by atoms with Gasteiger partial charge in [-0.05, 0) is 36.8 Å². The van der Waals surface area contributed by atoms with E-state index in [1.807, 2.05) is 0 Å². The first kappa shape index (κ1) is 19.8. The van der Waals surface area contributed by atoms with Gasteiger partial charge in [-0.2, -0.15) is 0 Å². The summed E-state index contributed by atoms with van der Waals surface area (Å²) in [6.07, 6.45) is 0.435. The van der Waals surface area contributed by atoms with E-state index in [1.165, 1.54) is 49.5 Å². The van der Waals surface area contributed by atoms with Crippen molar-refractivity contribution in [3.8, 4) is 11.5 Å². The van der Waals surface area contributed by atoms with Crippen LogP contribution in [0.25, 0.3) is 0 Å². The lowest BCUT2D eigenvalue weighted by Crippen LogP contribution is -2.43. The van der Waals surface area contributed by atoms with E-state index in [1.54, 1.807) is 6.07 Å². The van der Waals surface area contributed by atoms with E-state index in [2.05, 4.69) is 10.6 Å². The van der Waals surface area contributed by atoms with E-state index in [0.717, 1.165) is 0 Å². The highest BCUT2D eigenvalue weighted by atomic mass is 35.5. The van der Waals surface area contributed by atoms with E-state index in [9.17, 15) is 14.0 Å². The van der Waals surface area contributed by atoms with Crippen molar-refractivity contribution >= 4 is 34.9 Å². The Morgan fingerprint density at radius 3 is 2.50 bits per heavy atom. The third-order valence-electron chi connectivity index (χ3n) is 4.37. The molecule has 148 valence electrons. The van der Waals surface area contributed by atoms with Gasteiger partial charge in [0.05, 0.1) is 24.9 Å². The van der Waals surface area contributed by atoms with Crippen molar-refractivity contribution in [2.75, 3.05) is 31.0 Å². The molecule has 0 radical (unpaired) electrons. The van der Waals surface area contributed by atoms with Gasteiger partial charge in [0, 0.05) is 18.3 Å². The van der Waals surface area contributed by atoms with Crippen LogP contribution in [0.2, 0.25) is 5.02 Å². The average Bonchev–Trinajstić information content (AvgIpc) is 3.03. The van der Waals surface area contributed by atoms with Crippen molar-refractivity contribution in [1.82, 2.24) is 5.32 Å². The minimum atomic E-state index is -0.690. The van der Waals surface area contributed by atoms with Gasteiger partial charge in [-0.15, -0.1) is 0 Å². The van der Waals surface area contributed by atoms with Crippen molar-refractivity contribution < 1.29 is 23.5 Å². The van der Waals surface area contributed by atoms with Crippen LogP contribution in [0.15, 0.2) is 36.4 Å². The standard InChI is InChI=1S/C19H19ClFN3O4/c1-27-16-10-17(28-2)15(9-13(16)20)23-19(26)22-14-7-8-24(18(14)25)12-5-3-11(21)4-6-12/h3-6,9-10,14H,7-8H2,1-2H3,(H2,22,23,26). The lowest BCUT2D eigenvalue weighted by atomic mass is 10.2. The quantitative estimate of drug-likeness (QED) is 0.795. The van der Waals surface area contributed by atoms with E-state index in [-0.39, 0.29) is 11.7 Å². The van der Waals surface area contributed by atoms with E-state index < -0.39 is 12.1 Å². The molecule has 0 saturated carbocycles. The summed E-state index contributed by atoms with van der Waals surface area (Å²) >= 11 is 6.09. The third kappa shape index (κ3) is 4.12. The molecule has 9 heteroatoms. The van der Waals surface area contributed by atoms with Crippen LogP contribution in [0.1, 0.15) is 6.42 Å². The molecule has 1 fully saturated rings. The first-order valence-corrected chi connectivity index (χ1v) is 8.86. The summed E-state index contributed by atoms with van der Waals surface area (Å²) in [5.41, 5.74) is 0.923. The molecule has 1 saturated heterocycles. The maximum atomic E-state index is 13.1. The highest BCUT2D eigenvalue weighted by Crippen LogP contribution is 2.35. The number of benzene rings is 2. The zero-order valence-electron chi connectivity index (χ0n) is 15.3. The van der Waals surface area contributed by atoms with E-state index in [0.29, 0.717) is 40.9 Å². The van der Waals surface area contributed by atoms with Crippen molar-refractivity contribution in [3.05, 3.63) is 47.2 Å². The average molecular weight is 408 g/mol. The van der Waals surface area contributed by atoms with Crippen LogP contribution < -0.4 is 25.0 Å². The number of ether oxygens (including phenoxy) is 2. The molecule has 2 N–H and O–H groups in total. The van der Waals surface area contributed by atoms with Crippen LogP contribution in [0.3, 0.4) is 0 Å². The largest absolute Gasteiger partial charge is 0.495 e. The summed E-state index contributed by atoms with van der Waals surface area (Å²) in [5, 5.41) is 5.57. The number of hydrogen-bond donors (Lipinski definition) is 2. The first-order chi connectivity index (χ1) is 13.4. The number of carbonyl (C=O) groups excluding carboxylic acids is 2. The maximum Gasteiger partial charge on any atom is 0.319 e. The fourth-order valence-electron chi connectivity index (χ4n) is 2.97. The van der Waals surface area contributed by atoms with Crippen LogP contribution in [0.4, 0.5) is 20.6 Å². The number of anilines is 2. The zero-order valence-corrected chi connectivity index (χ0v) is 16.0. The monoisotopic (exact) mass is 407 g/mol. The summed E-state index contributed by atoms with van der Waals surface area (Å²) < 4.78 is 23.4. The van der Waals surface area contributed by atoms with Crippen LogP contribution in [0, 0.1) is 5.82 Å². The van der Waals surface area contributed by atoms with Crippen LogP contribution in [-0.2, 0) is 4.79 Å². The van der Waals surface area contributed by atoms with Crippen molar-refractivity contribution in [2.24, 2.45) is 0 Å². The van der Waals surface area contributed by atoms with Gasteiger partial charge in [0.2, 0.25) is 5.91 Å². The van der Waals surface area contributed by atoms with Gasteiger partial charge >= 0.3 is 6.03 Å². The van der Waals surface area contributed by atoms with E-state index >= 15 is 0 Å². The Morgan fingerprint density at radius 1 is 1.18 bits per heavy atom. The molecule has 1 atom stereocenters. The molecule has 1 unspecified atom stereocenters. The topological polar surface area (TPSA) is 79.9 Å². The highest BCUT2D eigenvalue weighted by molar-refractivity contribution is 6.32. The fourth-order valence-corrected chi connectivity index (χ4v) is 3.21. The van der Waals surface area contributed by atoms with Gasteiger partial charge in [-0.25, -0.2) is 9.18 Å². The Balaban J connectivity index is 1.66. The summed E-state index contributed by atoms with van der Waals surface area (Å²) in [4.78, 5) is 26.4. The minimum Gasteiger partial charge on any atom is -0.495 e. The highest BCUT2D eigenvalue weighted by Gasteiger charge is 2.33. The SMILES string of the molecule is COc1cc(OC)c(NC(=O)NC2CCN(c3ccc(F)cc3)C2=O)cc1Cl. The molecule has 0 aliphatic carbocycles. The summed E-state index contributed by atoms with van der Waals surface area (Å²) in [7, 11) is 2.92. The molecule has 7 nitrogen and oxygen atoms in total. The molecule has 3 amide bonds. The smallest absolute Gasteiger partial charge is 0.319 e. The number of hydrogen-bond acceptors (Lipinski definition) is 4. The van der Waals surface area contributed by atoms with E-state index in [4.69, 9.17) is 21.1 Å². The second kappa shape index (κ2) is 8.35. The molecule has 0 spiro atoms. The number of halogens is 2. The Bertz CT molecular complexity index is 891. The molecule has 3 rings (SSSR count). The predicted molar refractivity (Wildman–Crippen MR) is 104 cm³/mol. The van der Waals surface area contributed by atoms with Gasteiger partial charge in [0.1, 0.15) is 23.4 Å². The minimum absolute atomic E-state index is 0.263. The van der Waals surface area contributed by atoms with Gasteiger partial charge < -0.3 is 25.0 Å².